The van der Waals surface area contributed by atoms with Crippen molar-refractivity contribution in [1.82, 2.24) is 10.6 Å². The number of aliphatic hydroxyl groups is 1. The summed E-state index contributed by atoms with van der Waals surface area (Å²) in [6, 6.07) is 8.49. The van der Waals surface area contributed by atoms with Crippen molar-refractivity contribution in [2.75, 3.05) is 26.3 Å². The molecule has 1 aromatic carbocycles. The van der Waals surface area contributed by atoms with Crippen molar-refractivity contribution in [3.8, 4) is 0 Å². The highest BCUT2D eigenvalue weighted by Gasteiger charge is 2.29. The number of nitrogens with zero attached hydrogens (tertiary/aromatic N) is 1. The van der Waals surface area contributed by atoms with E-state index in [4.69, 9.17) is 4.74 Å². The van der Waals surface area contributed by atoms with Crippen LogP contribution in [0.5, 0.6) is 0 Å². The maximum Gasteiger partial charge on any atom is 0.191 e. The number of guanidine groups is 1. The van der Waals surface area contributed by atoms with Gasteiger partial charge in [-0.2, -0.15) is 0 Å². The molecule has 24 heavy (non-hydrogen) atoms. The summed E-state index contributed by atoms with van der Waals surface area (Å²) in [5.74, 6) is 0.739. The van der Waals surface area contributed by atoms with E-state index in [-0.39, 0.29) is 30.0 Å². The number of hydrogen-bond donors (Lipinski definition) is 3. The normalized spacial score (nSPS) is 18.4. The van der Waals surface area contributed by atoms with E-state index in [1.807, 2.05) is 13.0 Å². The van der Waals surface area contributed by atoms with Gasteiger partial charge in [0.05, 0.1) is 18.2 Å². The zero-order chi connectivity index (χ0) is 16.7. The minimum Gasteiger partial charge on any atom is -0.388 e. The van der Waals surface area contributed by atoms with Crippen LogP contribution in [0.1, 0.15) is 43.9 Å². The van der Waals surface area contributed by atoms with Gasteiger partial charge in [-0.25, -0.2) is 0 Å². The third-order valence-electron chi connectivity index (χ3n) is 4.31. The third-order valence-corrected chi connectivity index (χ3v) is 4.31. The second-order valence-electron chi connectivity index (χ2n) is 6.25. The Morgan fingerprint density at radius 2 is 2.00 bits per heavy atom. The second-order valence-corrected chi connectivity index (χ2v) is 6.25. The number of ether oxygens (including phenoxy) is 1. The Morgan fingerprint density at radius 3 is 2.62 bits per heavy atom. The van der Waals surface area contributed by atoms with E-state index in [0.717, 1.165) is 12.5 Å². The average Bonchev–Trinajstić information content (AvgIpc) is 2.54. The number of aryl methyl sites for hydroxylation is 1. The predicted molar refractivity (Wildman–Crippen MR) is 109 cm³/mol. The van der Waals surface area contributed by atoms with Crippen molar-refractivity contribution >= 4 is 29.9 Å². The van der Waals surface area contributed by atoms with Gasteiger partial charge in [-0.15, -0.1) is 24.0 Å². The van der Waals surface area contributed by atoms with E-state index >= 15 is 0 Å². The molecule has 6 heteroatoms. The van der Waals surface area contributed by atoms with Gasteiger partial charge in [-0.3, -0.25) is 4.99 Å². The fourth-order valence-corrected chi connectivity index (χ4v) is 2.81. The zero-order valence-corrected chi connectivity index (χ0v) is 17.2. The van der Waals surface area contributed by atoms with Crippen LogP contribution in [0.25, 0.3) is 0 Å². The van der Waals surface area contributed by atoms with E-state index in [1.54, 1.807) is 0 Å². The minimum atomic E-state index is -0.744. The average molecular weight is 447 g/mol. The third kappa shape index (κ3) is 6.22. The van der Waals surface area contributed by atoms with Crippen molar-refractivity contribution in [1.29, 1.82) is 0 Å². The Kier molecular flexibility index (Phi) is 9.01. The Balaban J connectivity index is 0.00000288. The quantitative estimate of drug-likeness (QED) is 0.369. The van der Waals surface area contributed by atoms with Gasteiger partial charge in [0, 0.05) is 32.6 Å². The number of rotatable bonds is 5. The molecule has 1 fully saturated rings. The molecular formula is C18H30IN3O2. The lowest BCUT2D eigenvalue weighted by Gasteiger charge is -2.31. The molecule has 1 aliphatic rings. The molecule has 1 atom stereocenters. The van der Waals surface area contributed by atoms with E-state index < -0.39 is 5.60 Å². The smallest absolute Gasteiger partial charge is 0.191 e. The summed E-state index contributed by atoms with van der Waals surface area (Å²) in [4.78, 5) is 4.59. The van der Waals surface area contributed by atoms with Crippen molar-refractivity contribution in [3.63, 3.8) is 0 Å². The van der Waals surface area contributed by atoms with E-state index in [1.165, 1.54) is 11.1 Å². The van der Waals surface area contributed by atoms with Crippen LogP contribution in [-0.4, -0.2) is 43.0 Å². The van der Waals surface area contributed by atoms with E-state index in [0.29, 0.717) is 32.6 Å². The summed E-state index contributed by atoms with van der Waals surface area (Å²) in [6.07, 6.45) is 1.28. The van der Waals surface area contributed by atoms with Crippen LogP contribution in [0.2, 0.25) is 0 Å². The highest BCUT2D eigenvalue weighted by Crippen LogP contribution is 2.21. The van der Waals surface area contributed by atoms with Crippen LogP contribution < -0.4 is 10.6 Å². The molecule has 1 unspecified atom stereocenters. The molecule has 1 saturated heterocycles. The molecular weight excluding hydrogens is 417 g/mol. The summed E-state index contributed by atoms with van der Waals surface area (Å²) >= 11 is 0. The molecule has 1 aromatic rings. The summed E-state index contributed by atoms with van der Waals surface area (Å²) in [5, 5.41) is 17.2. The molecule has 0 bridgehead atoms. The van der Waals surface area contributed by atoms with Crippen LogP contribution >= 0.6 is 24.0 Å². The Bertz CT molecular complexity index is 531. The molecule has 3 N–H and O–H groups in total. The van der Waals surface area contributed by atoms with Crippen LogP contribution in [-0.2, 0) is 4.74 Å². The molecule has 2 rings (SSSR count). The van der Waals surface area contributed by atoms with E-state index in [2.05, 4.69) is 47.7 Å². The van der Waals surface area contributed by atoms with Gasteiger partial charge in [0.2, 0.25) is 0 Å². The van der Waals surface area contributed by atoms with Gasteiger partial charge in [0.15, 0.2) is 5.96 Å². The van der Waals surface area contributed by atoms with Gasteiger partial charge in [-0.05, 0) is 31.9 Å². The molecule has 0 radical (unpaired) electrons. The lowest BCUT2D eigenvalue weighted by molar-refractivity contribution is -0.0566. The fourth-order valence-electron chi connectivity index (χ4n) is 2.81. The molecule has 0 saturated carbocycles. The summed E-state index contributed by atoms with van der Waals surface area (Å²) in [7, 11) is 0. The molecule has 0 amide bonds. The van der Waals surface area contributed by atoms with Gasteiger partial charge in [-0.1, -0.05) is 24.3 Å². The first-order chi connectivity index (χ1) is 11.0. The largest absolute Gasteiger partial charge is 0.388 e. The summed E-state index contributed by atoms with van der Waals surface area (Å²) in [5.41, 5.74) is 1.77. The van der Waals surface area contributed by atoms with Gasteiger partial charge >= 0.3 is 0 Å². The van der Waals surface area contributed by atoms with Crippen LogP contribution in [0.4, 0.5) is 0 Å². The molecule has 0 spiro atoms. The van der Waals surface area contributed by atoms with Gasteiger partial charge in [0.25, 0.3) is 0 Å². The topological polar surface area (TPSA) is 65.9 Å². The maximum absolute atomic E-state index is 10.5. The minimum absolute atomic E-state index is 0. The highest BCUT2D eigenvalue weighted by molar-refractivity contribution is 14.0. The number of benzene rings is 1. The van der Waals surface area contributed by atoms with Crippen molar-refractivity contribution < 1.29 is 9.84 Å². The predicted octanol–water partition coefficient (Wildman–Crippen LogP) is 2.77. The first kappa shape index (κ1) is 21.2. The number of aliphatic imine (C=N–C) groups is 1. The summed E-state index contributed by atoms with van der Waals surface area (Å²) < 4.78 is 5.32. The lowest BCUT2D eigenvalue weighted by Crippen LogP contribution is -2.43. The lowest BCUT2D eigenvalue weighted by atomic mass is 9.95. The highest BCUT2D eigenvalue weighted by atomic mass is 127. The number of hydrogen-bond acceptors (Lipinski definition) is 3. The molecule has 136 valence electrons. The molecule has 1 heterocycles. The molecule has 0 aromatic heterocycles. The Morgan fingerprint density at radius 1 is 1.33 bits per heavy atom. The monoisotopic (exact) mass is 447 g/mol. The Labute approximate surface area is 162 Å². The maximum atomic E-state index is 10.5. The second kappa shape index (κ2) is 10.2. The first-order valence-electron chi connectivity index (χ1n) is 8.44. The number of halogens is 1. The number of nitrogens with one attached hydrogen (secondary N) is 2. The molecule has 5 nitrogen and oxygen atoms in total. The van der Waals surface area contributed by atoms with Gasteiger partial charge < -0.3 is 20.5 Å². The SMILES string of the molecule is CCNC(=NCC1(O)CCOCC1)NC(C)c1ccccc1C.I. The van der Waals surface area contributed by atoms with Crippen LogP contribution in [0, 0.1) is 6.92 Å². The first-order valence-corrected chi connectivity index (χ1v) is 8.44. The van der Waals surface area contributed by atoms with Crippen molar-refractivity contribution in [3.05, 3.63) is 35.4 Å². The van der Waals surface area contributed by atoms with Gasteiger partial charge in [0.1, 0.15) is 0 Å². The van der Waals surface area contributed by atoms with Crippen LogP contribution in [0.3, 0.4) is 0 Å². The van der Waals surface area contributed by atoms with E-state index in [9.17, 15) is 5.11 Å². The standard InChI is InChI=1S/C18H29N3O2.HI/c1-4-19-17(20-13-18(22)9-11-23-12-10-18)21-15(3)16-8-6-5-7-14(16)2;/h5-8,15,22H,4,9-13H2,1-3H3,(H2,19,20,21);1H. The van der Waals surface area contributed by atoms with Crippen LogP contribution in [0.15, 0.2) is 29.3 Å². The zero-order valence-electron chi connectivity index (χ0n) is 14.8. The molecule has 1 aliphatic heterocycles. The van der Waals surface area contributed by atoms with Crippen molar-refractivity contribution in [2.45, 2.75) is 45.3 Å². The fraction of sp³-hybridized carbons (Fsp3) is 0.611. The molecule has 0 aliphatic carbocycles. The summed E-state index contributed by atoms with van der Waals surface area (Å²) in [6.45, 7) is 8.67. The van der Waals surface area contributed by atoms with Crippen molar-refractivity contribution in [2.24, 2.45) is 4.99 Å². The Hall–Kier alpha value is -0.860.